The fraction of sp³-hybridized carbons (Fsp3) is 0.333. The molecule has 0 aliphatic rings. The Balaban J connectivity index is 2.70. The van der Waals surface area contributed by atoms with Crippen molar-refractivity contribution in [3.8, 4) is 0 Å². The summed E-state index contributed by atoms with van der Waals surface area (Å²) in [5, 5.41) is 0.467. The van der Waals surface area contributed by atoms with E-state index in [1.807, 2.05) is 26.2 Å². The Morgan fingerprint density at radius 2 is 1.95 bits per heavy atom. The van der Waals surface area contributed by atoms with Crippen LogP contribution in [0.4, 0.5) is 5.82 Å². The van der Waals surface area contributed by atoms with Crippen LogP contribution in [-0.2, 0) is 0 Å². The molecule has 0 bridgehead atoms. The van der Waals surface area contributed by atoms with E-state index in [0.717, 1.165) is 10.9 Å². The van der Waals surface area contributed by atoms with Crippen molar-refractivity contribution in [2.75, 3.05) is 19.0 Å². The molecule has 1 aromatic carbocycles. The molecule has 4 heteroatoms. The van der Waals surface area contributed by atoms with E-state index in [0.29, 0.717) is 17.3 Å². The molecule has 1 heterocycles. The lowest BCUT2D eigenvalue weighted by Crippen LogP contribution is -2.14. The number of aromatic nitrogens is 1. The van der Waals surface area contributed by atoms with Gasteiger partial charge in [-0.3, -0.25) is 4.79 Å². The lowest BCUT2D eigenvalue weighted by atomic mass is 10.0. The monoisotopic (exact) mass is 276 g/mol. The number of hydrogen-bond donors (Lipinski definition) is 0. The zero-order valence-electron chi connectivity index (χ0n) is 11.6. The van der Waals surface area contributed by atoms with Gasteiger partial charge >= 0.3 is 0 Å². The highest BCUT2D eigenvalue weighted by Crippen LogP contribution is 2.26. The summed E-state index contributed by atoms with van der Waals surface area (Å²) < 4.78 is 0. The number of rotatable bonds is 3. The second-order valence-electron chi connectivity index (χ2n) is 5.13. The Kier molecular flexibility index (Phi) is 3.76. The summed E-state index contributed by atoms with van der Waals surface area (Å²) in [5.74, 6) is 1.04. The van der Waals surface area contributed by atoms with Crippen LogP contribution in [0, 0.1) is 0 Å². The van der Waals surface area contributed by atoms with Gasteiger partial charge in [-0.25, -0.2) is 4.98 Å². The molecular weight excluding hydrogens is 260 g/mol. The molecule has 2 rings (SSSR count). The number of carbonyl (C=O) groups excluding carboxylic acids is 1. The Hall–Kier alpha value is -1.61. The highest BCUT2D eigenvalue weighted by atomic mass is 35.5. The van der Waals surface area contributed by atoms with Crippen molar-refractivity contribution in [3.05, 3.63) is 35.4 Å². The van der Waals surface area contributed by atoms with Gasteiger partial charge in [0.2, 0.25) is 0 Å². The van der Waals surface area contributed by atoms with E-state index in [1.165, 1.54) is 5.56 Å². The summed E-state index contributed by atoms with van der Waals surface area (Å²) in [6.07, 6.45) is 0. The first-order valence-corrected chi connectivity index (χ1v) is 6.60. The average Bonchev–Trinajstić information content (AvgIpc) is 2.36. The first-order valence-electron chi connectivity index (χ1n) is 6.22. The van der Waals surface area contributed by atoms with Crippen molar-refractivity contribution < 1.29 is 4.79 Å². The third kappa shape index (κ3) is 2.71. The van der Waals surface area contributed by atoms with Crippen LogP contribution in [0.5, 0.6) is 0 Å². The molecule has 0 aliphatic carbocycles. The molecule has 0 radical (unpaired) electrons. The second-order valence-corrected chi connectivity index (χ2v) is 5.48. The molecule has 0 spiro atoms. The normalized spacial score (nSPS) is 11.1. The van der Waals surface area contributed by atoms with Gasteiger partial charge in [0.05, 0.1) is 11.1 Å². The molecule has 3 nitrogen and oxygen atoms in total. The Labute approximate surface area is 118 Å². The van der Waals surface area contributed by atoms with Gasteiger partial charge in [-0.15, -0.1) is 0 Å². The quantitative estimate of drug-likeness (QED) is 0.800. The van der Waals surface area contributed by atoms with Crippen LogP contribution in [0.2, 0.25) is 0 Å². The van der Waals surface area contributed by atoms with E-state index in [4.69, 9.17) is 11.6 Å². The molecule has 19 heavy (non-hydrogen) atoms. The number of carbonyl (C=O) groups is 1. The van der Waals surface area contributed by atoms with E-state index < -0.39 is 5.24 Å². The number of nitrogens with zero attached hydrogens (tertiary/aromatic N) is 2. The molecule has 2 aromatic rings. The summed E-state index contributed by atoms with van der Waals surface area (Å²) in [7, 11) is 3.69. The van der Waals surface area contributed by atoms with Gasteiger partial charge in [0.1, 0.15) is 5.82 Å². The molecule has 0 atom stereocenters. The maximum absolute atomic E-state index is 11.5. The predicted octanol–water partition coefficient (Wildman–Crippen LogP) is 3.80. The lowest BCUT2D eigenvalue weighted by molar-refractivity contribution is 0.108. The SMILES string of the molecule is CC(C)c1ccc2nc(N(C)C)c(C(=O)Cl)cc2c1. The molecule has 0 saturated heterocycles. The van der Waals surface area contributed by atoms with E-state index in [-0.39, 0.29) is 0 Å². The predicted molar refractivity (Wildman–Crippen MR) is 80.3 cm³/mol. The van der Waals surface area contributed by atoms with Crippen molar-refractivity contribution in [1.29, 1.82) is 0 Å². The van der Waals surface area contributed by atoms with Gasteiger partial charge in [-0.1, -0.05) is 19.9 Å². The fourth-order valence-corrected chi connectivity index (χ4v) is 2.17. The van der Waals surface area contributed by atoms with Crippen molar-refractivity contribution >= 4 is 33.6 Å². The van der Waals surface area contributed by atoms with Crippen LogP contribution >= 0.6 is 11.6 Å². The van der Waals surface area contributed by atoms with Crippen LogP contribution in [0.3, 0.4) is 0 Å². The number of fused-ring (bicyclic) bond motifs is 1. The zero-order valence-corrected chi connectivity index (χ0v) is 12.3. The van der Waals surface area contributed by atoms with Gasteiger partial charge in [-0.05, 0) is 41.3 Å². The number of anilines is 1. The van der Waals surface area contributed by atoms with Gasteiger partial charge in [-0.2, -0.15) is 0 Å². The van der Waals surface area contributed by atoms with E-state index >= 15 is 0 Å². The number of pyridine rings is 1. The summed E-state index contributed by atoms with van der Waals surface area (Å²) in [6.45, 7) is 4.27. The molecule has 0 N–H and O–H groups in total. The van der Waals surface area contributed by atoms with Gasteiger partial charge < -0.3 is 4.90 Å². The molecule has 1 aromatic heterocycles. The van der Waals surface area contributed by atoms with E-state index in [9.17, 15) is 4.79 Å². The van der Waals surface area contributed by atoms with Crippen molar-refractivity contribution in [2.45, 2.75) is 19.8 Å². The zero-order chi connectivity index (χ0) is 14.2. The molecule has 0 fully saturated rings. The standard InChI is InChI=1S/C15H17ClN2O/c1-9(2)10-5-6-13-11(7-10)8-12(14(16)19)15(17-13)18(3)4/h5-9H,1-4H3. The van der Waals surface area contributed by atoms with Crippen molar-refractivity contribution in [1.82, 2.24) is 4.98 Å². The molecule has 100 valence electrons. The summed E-state index contributed by atoms with van der Waals surface area (Å²) in [5.41, 5.74) is 2.54. The molecule has 0 saturated carbocycles. The lowest BCUT2D eigenvalue weighted by Gasteiger charge is -2.16. The minimum atomic E-state index is -0.479. The average molecular weight is 277 g/mol. The Morgan fingerprint density at radius 1 is 1.26 bits per heavy atom. The smallest absolute Gasteiger partial charge is 0.256 e. The topological polar surface area (TPSA) is 33.2 Å². The largest absolute Gasteiger partial charge is 0.362 e. The maximum atomic E-state index is 11.5. The molecule has 0 amide bonds. The Bertz CT molecular complexity index is 635. The highest BCUT2D eigenvalue weighted by molar-refractivity contribution is 6.68. The van der Waals surface area contributed by atoms with Crippen LogP contribution in [0.25, 0.3) is 10.9 Å². The fourth-order valence-electron chi connectivity index (χ4n) is 2.03. The third-order valence-electron chi connectivity index (χ3n) is 3.12. The summed E-state index contributed by atoms with van der Waals surface area (Å²) in [4.78, 5) is 17.8. The number of halogens is 1. The first-order chi connectivity index (χ1) is 8.90. The van der Waals surface area contributed by atoms with Crippen molar-refractivity contribution in [2.24, 2.45) is 0 Å². The summed E-state index contributed by atoms with van der Waals surface area (Å²) >= 11 is 5.65. The minimum Gasteiger partial charge on any atom is -0.362 e. The van der Waals surface area contributed by atoms with Gasteiger partial charge in [0, 0.05) is 19.5 Å². The first kappa shape index (κ1) is 13.8. The summed E-state index contributed by atoms with van der Waals surface area (Å²) in [6, 6.07) is 7.94. The van der Waals surface area contributed by atoms with E-state index in [2.05, 4.69) is 31.0 Å². The van der Waals surface area contributed by atoms with Crippen LogP contribution < -0.4 is 4.90 Å². The molecular formula is C15H17ClN2O. The second kappa shape index (κ2) is 5.17. The van der Waals surface area contributed by atoms with Gasteiger partial charge in [0.15, 0.2) is 0 Å². The minimum absolute atomic E-state index is 0.438. The Morgan fingerprint density at radius 3 is 2.47 bits per heavy atom. The van der Waals surface area contributed by atoms with Gasteiger partial charge in [0.25, 0.3) is 5.24 Å². The number of hydrogen-bond acceptors (Lipinski definition) is 3. The van der Waals surface area contributed by atoms with E-state index in [1.54, 1.807) is 4.90 Å². The highest BCUT2D eigenvalue weighted by Gasteiger charge is 2.14. The molecule has 0 aliphatic heterocycles. The maximum Gasteiger partial charge on any atom is 0.256 e. The van der Waals surface area contributed by atoms with Crippen LogP contribution in [0.1, 0.15) is 35.7 Å². The van der Waals surface area contributed by atoms with Crippen LogP contribution in [0.15, 0.2) is 24.3 Å². The third-order valence-corrected chi connectivity index (χ3v) is 3.32. The van der Waals surface area contributed by atoms with Crippen LogP contribution in [-0.4, -0.2) is 24.3 Å². The van der Waals surface area contributed by atoms with Crippen molar-refractivity contribution in [3.63, 3.8) is 0 Å². The molecule has 0 unspecified atom stereocenters. The number of benzene rings is 1.